The maximum atomic E-state index is 12.3. The zero-order valence-corrected chi connectivity index (χ0v) is 15.0. The van der Waals surface area contributed by atoms with Crippen molar-refractivity contribution in [1.82, 2.24) is 4.98 Å². The predicted octanol–water partition coefficient (Wildman–Crippen LogP) is 3.50. The van der Waals surface area contributed by atoms with Crippen LogP contribution in [-0.2, 0) is 16.0 Å². The number of esters is 1. The van der Waals surface area contributed by atoms with E-state index in [-0.39, 0.29) is 18.6 Å². The number of hydrazone groups is 1. The molecule has 1 heterocycles. The van der Waals surface area contributed by atoms with E-state index < -0.39 is 28.7 Å². The van der Waals surface area contributed by atoms with Crippen LogP contribution in [0.3, 0.4) is 0 Å². The van der Waals surface area contributed by atoms with E-state index in [2.05, 4.69) is 20.2 Å². The molecule has 0 aliphatic carbocycles. The van der Waals surface area contributed by atoms with E-state index in [4.69, 9.17) is 4.74 Å². The van der Waals surface area contributed by atoms with Gasteiger partial charge in [0.2, 0.25) is 10.9 Å². The molecule has 28 heavy (non-hydrogen) atoms. The fourth-order valence-electron chi connectivity index (χ4n) is 1.93. The highest BCUT2D eigenvalue weighted by Gasteiger charge is 2.34. The Hall–Kier alpha value is -3.22. The highest BCUT2D eigenvalue weighted by molar-refractivity contribution is 7.13. The number of nitrogens with zero attached hydrogens (tertiary/aromatic N) is 3. The number of nitro benzene ring substituents is 1. The van der Waals surface area contributed by atoms with E-state index in [1.807, 2.05) is 0 Å². The first kappa shape index (κ1) is 21.1. The molecule has 2 rings (SSSR count). The monoisotopic (exact) mass is 418 g/mol. The lowest BCUT2D eigenvalue weighted by Gasteiger charge is -2.09. The number of nitrogens with one attached hydrogen (secondary N) is 1. The molecule has 1 aromatic carbocycles. The van der Waals surface area contributed by atoms with Crippen LogP contribution in [0.5, 0.6) is 5.75 Å². The molecular formula is C15H13F3N4O5S. The maximum Gasteiger partial charge on any atom is 0.573 e. The number of carbonyl (C=O) groups is 1. The quantitative estimate of drug-likeness (QED) is 0.302. The van der Waals surface area contributed by atoms with Crippen molar-refractivity contribution < 1.29 is 32.4 Å². The molecule has 0 unspecified atom stereocenters. The predicted molar refractivity (Wildman–Crippen MR) is 93.4 cm³/mol. The van der Waals surface area contributed by atoms with Gasteiger partial charge < -0.3 is 9.47 Å². The van der Waals surface area contributed by atoms with Gasteiger partial charge in [-0.05, 0) is 19.1 Å². The second-order valence-corrected chi connectivity index (χ2v) is 5.89. The van der Waals surface area contributed by atoms with Crippen LogP contribution in [0, 0.1) is 10.1 Å². The Kier molecular flexibility index (Phi) is 6.87. The van der Waals surface area contributed by atoms with Crippen LogP contribution >= 0.6 is 11.3 Å². The summed E-state index contributed by atoms with van der Waals surface area (Å²) >= 11 is 1.16. The number of rotatable bonds is 8. The number of thiazole rings is 1. The number of anilines is 1. The molecule has 150 valence electrons. The summed E-state index contributed by atoms with van der Waals surface area (Å²) in [4.78, 5) is 25.4. The minimum Gasteiger partial charge on any atom is -0.466 e. The summed E-state index contributed by atoms with van der Waals surface area (Å²) in [5, 5.41) is 16.7. The largest absolute Gasteiger partial charge is 0.573 e. The van der Waals surface area contributed by atoms with E-state index in [1.54, 1.807) is 12.3 Å². The summed E-state index contributed by atoms with van der Waals surface area (Å²) in [6.45, 7) is 1.95. The van der Waals surface area contributed by atoms with Crippen molar-refractivity contribution in [3.63, 3.8) is 0 Å². The highest BCUT2D eigenvalue weighted by Crippen LogP contribution is 2.32. The minimum atomic E-state index is -5.05. The fourth-order valence-corrected chi connectivity index (χ4v) is 2.59. The molecule has 0 bridgehead atoms. The van der Waals surface area contributed by atoms with Crippen molar-refractivity contribution in [2.75, 3.05) is 12.0 Å². The molecule has 0 saturated heterocycles. The average Bonchev–Trinajstić information content (AvgIpc) is 3.02. The van der Waals surface area contributed by atoms with Crippen molar-refractivity contribution in [1.29, 1.82) is 0 Å². The standard InChI is InChI=1S/C15H13F3N4O5S/c1-2-26-13(23)6-10-8-28-14(20-10)21-19-7-9-3-4-12(27-15(16,17)18)11(5-9)22(24)25/h3-5,7-8H,2,6H2,1H3,(H,20,21). The van der Waals surface area contributed by atoms with Gasteiger partial charge in [0.1, 0.15) is 0 Å². The molecule has 2 aromatic rings. The molecule has 0 amide bonds. The van der Waals surface area contributed by atoms with Gasteiger partial charge >= 0.3 is 18.0 Å². The van der Waals surface area contributed by atoms with Crippen LogP contribution < -0.4 is 10.2 Å². The third-order valence-electron chi connectivity index (χ3n) is 2.96. The van der Waals surface area contributed by atoms with Gasteiger partial charge in [-0.3, -0.25) is 20.3 Å². The molecule has 0 saturated carbocycles. The van der Waals surface area contributed by atoms with Crippen LogP contribution in [0.1, 0.15) is 18.2 Å². The first-order valence-corrected chi connectivity index (χ1v) is 8.49. The van der Waals surface area contributed by atoms with Crippen LogP contribution in [0.4, 0.5) is 24.0 Å². The lowest BCUT2D eigenvalue weighted by atomic mass is 10.2. The van der Waals surface area contributed by atoms with Crippen molar-refractivity contribution in [2.45, 2.75) is 19.7 Å². The number of benzene rings is 1. The fraction of sp³-hybridized carbons (Fsp3) is 0.267. The van der Waals surface area contributed by atoms with Crippen LogP contribution in [0.2, 0.25) is 0 Å². The average molecular weight is 418 g/mol. The number of hydrogen-bond acceptors (Lipinski definition) is 9. The Labute approximate surface area is 159 Å². The summed E-state index contributed by atoms with van der Waals surface area (Å²) in [6, 6.07) is 2.89. The van der Waals surface area contributed by atoms with Crippen LogP contribution in [0.15, 0.2) is 28.7 Å². The van der Waals surface area contributed by atoms with Crippen molar-refractivity contribution in [3.8, 4) is 5.75 Å². The zero-order valence-electron chi connectivity index (χ0n) is 14.2. The van der Waals surface area contributed by atoms with E-state index in [0.29, 0.717) is 10.8 Å². The lowest BCUT2D eigenvalue weighted by Crippen LogP contribution is -2.18. The second-order valence-electron chi connectivity index (χ2n) is 5.03. The number of aromatic nitrogens is 1. The molecule has 0 atom stereocenters. The van der Waals surface area contributed by atoms with Gasteiger partial charge in [-0.25, -0.2) is 4.98 Å². The van der Waals surface area contributed by atoms with Gasteiger partial charge in [-0.1, -0.05) is 0 Å². The van der Waals surface area contributed by atoms with Gasteiger partial charge in [0.05, 0.1) is 29.9 Å². The van der Waals surface area contributed by atoms with E-state index in [0.717, 1.165) is 29.7 Å². The molecule has 0 radical (unpaired) electrons. The van der Waals surface area contributed by atoms with Crippen LogP contribution in [-0.4, -0.2) is 35.1 Å². The summed E-state index contributed by atoms with van der Waals surface area (Å²) in [7, 11) is 0. The SMILES string of the molecule is CCOC(=O)Cc1csc(NN=Cc2ccc(OC(F)(F)F)c([N+](=O)[O-])c2)n1. The van der Waals surface area contributed by atoms with Gasteiger partial charge in [-0.2, -0.15) is 5.10 Å². The third kappa shape index (κ3) is 6.50. The van der Waals surface area contributed by atoms with Gasteiger partial charge in [0, 0.05) is 17.0 Å². The molecule has 13 heteroatoms. The molecule has 0 aliphatic heterocycles. The summed E-state index contributed by atoms with van der Waals surface area (Å²) in [5.74, 6) is -1.34. The maximum absolute atomic E-state index is 12.3. The molecule has 9 nitrogen and oxygen atoms in total. The Bertz CT molecular complexity index is 885. The molecule has 1 N–H and O–H groups in total. The van der Waals surface area contributed by atoms with E-state index >= 15 is 0 Å². The smallest absolute Gasteiger partial charge is 0.466 e. The zero-order chi connectivity index (χ0) is 20.7. The number of hydrogen-bond donors (Lipinski definition) is 1. The Morgan fingerprint density at radius 2 is 2.21 bits per heavy atom. The highest BCUT2D eigenvalue weighted by atomic mass is 32.1. The molecular weight excluding hydrogens is 405 g/mol. The molecule has 0 aliphatic rings. The van der Waals surface area contributed by atoms with Gasteiger partial charge in [0.15, 0.2) is 0 Å². The molecule has 0 spiro atoms. The number of carbonyl (C=O) groups excluding carboxylic acids is 1. The second kappa shape index (κ2) is 9.12. The Morgan fingerprint density at radius 1 is 1.46 bits per heavy atom. The number of alkyl halides is 3. The summed E-state index contributed by atoms with van der Waals surface area (Å²) < 4.78 is 45.3. The lowest BCUT2D eigenvalue weighted by molar-refractivity contribution is -0.388. The molecule has 1 aromatic heterocycles. The first-order chi connectivity index (χ1) is 13.2. The van der Waals surface area contributed by atoms with Crippen molar-refractivity contribution in [2.24, 2.45) is 5.10 Å². The van der Waals surface area contributed by atoms with Gasteiger partial charge in [0.25, 0.3) is 0 Å². The van der Waals surface area contributed by atoms with Crippen LogP contribution in [0.25, 0.3) is 0 Å². The Balaban J connectivity index is 2.04. The number of nitro groups is 1. The molecule has 0 fully saturated rings. The topological polar surface area (TPSA) is 116 Å². The number of ether oxygens (including phenoxy) is 2. The Morgan fingerprint density at radius 3 is 2.86 bits per heavy atom. The van der Waals surface area contributed by atoms with Crippen molar-refractivity contribution >= 4 is 34.3 Å². The normalized spacial score (nSPS) is 11.4. The van der Waals surface area contributed by atoms with Gasteiger partial charge in [-0.15, -0.1) is 24.5 Å². The first-order valence-electron chi connectivity index (χ1n) is 7.61. The minimum absolute atomic E-state index is 0.00258. The van der Waals surface area contributed by atoms with E-state index in [9.17, 15) is 28.1 Å². The summed E-state index contributed by atoms with van der Waals surface area (Å²) in [5.41, 5.74) is 2.35. The third-order valence-corrected chi connectivity index (χ3v) is 3.76. The van der Waals surface area contributed by atoms with Crippen molar-refractivity contribution in [3.05, 3.63) is 45.0 Å². The van der Waals surface area contributed by atoms with E-state index in [1.165, 1.54) is 6.07 Å². The summed E-state index contributed by atoms with van der Waals surface area (Å²) in [6.07, 6.45) is -3.88. The number of halogens is 3.